The van der Waals surface area contributed by atoms with Crippen molar-refractivity contribution in [2.45, 2.75) is 24.1 Å². The molecule has 0 aromatic heterocycles. The minimum Gasteiger partial charge on any atom is -0.326 e. The zero-order chi connectivity index (χ0) is 12.1. The van der Waals surface area contributed by atoms with E-state index in [-0.39, 0.29) is 0 Å². The zero-order valence-corrected chi connectivity index (χ0v) is 10.8. The summed E-state index contributed by atoms with van der Waals surface area (Å²) in [5.74, 6) is 1.02. The first-order valence-corrected chi connectivity index (χ1v) is 6.74. The van der Waals surface area contributed by atoms with Crippen LogP contribution in [0.1, 0.15) is 16.7 Å². The second kappa shape index (κ2) is 5.89. The average molecular weight is 243 g/mol. The Labute approximate surface area is 107 Å². The number of hydrogen-bond donors (Lipinski definition) is 1. The quantitative estimate of drug-likeness (QED) is 0.828. The van der Waals surface area contributed by atoms with Crippen LogP contribution in [0.4, 0.5) is 0 Å². The summed E-state index contributed by atoms with van der Waals surface area (Å²) in [7, 11) is 0. The Morgan fingerprint density at radius 3 is 2.06 bits per heavy atom. The van der Waals surface area contributed by atoms with Crippen LogP contribution in [-0.4, -0.2) is 0 Å². The third-order valence-corrected chi connectivity index (χ3v) is 3.77. The van der Waals surface area contributed by atoms with Crippen molar-refractivity contribution in [1.29, 1.82) is 0 Å². The fourth-order valence-electron chi connectivity index (χ4n) is 1.57. The van der Waals surface area contributed by atoms with Crippen molar-refractivity contribution >= 4 is 11.8 Å². The van der Waals surface area contributed by atoms with Crippen molar-refractivity contribution in [2.24, 2.45) is 5.73 Å². The van der Waals surface area contributed by atoms with Gasteiger partial charge in [0.2, 0.25) is 0 Å². The van der Waals surface area contributed by atoms with Crippen LogP contribution in [0.25, 0.3) is 0 Å². The number of hydrogen-bond acceptors (Lipinski definition) is 2. The maximum absolute atomic E-state index is 5.57. The van der Waals surface area contributed by atoms with Crippen LogP contribution in [0.15, 0.2) is 53.4 Å². The monoisotopic (exact) mass is 243 g/mol. The molecule has 2 heteroatoms. The van der Waals surface area contributed by atoms with Gasteiger partial charge in [-0.25, -0.2) is 0 Å². The fourth-order valence-corrected chi connectivity index (χ4v) is 2.43. The first-order valence-electron chi connectivity index (χ1n) is 5.75. The van der Waals surface area contributed by atoms with Gasteiger partial charge in [-0.05, 0) is 30.2 Å². The summed E-state index contributed by atoms with van der Waals surface area (Å²) in [4.78, 5) is 1.29. The van der Waals surface area contributed by atoms with E-state index in [1.807, 2.05) is 11.8 Å². The molecule has 2 aromatic carbocycles. The van der Waals surface area contributed by atoms with Gasteiger partial charge in [0, 0.05) is 17.2 Å². The molecule has 0 bridgehead atoms. The Hall–Kier alpha value is -1.25. The smallest absolute Gasteiger partial charge is 0.0231 e. The van der Waals surface area contributed by atoms with Crippen molar-refractivity contribution < 1.29 is 0 Å². The fraction of sp³-hybridized carbons (Fsp3) is 0.200. The van der Waals surface area contributed by atoms with Crippen molar-refractivity contribution in [3.8, 4) is 0 Å². The molecule has 2 rings (SSSR count). The zero-order valence-electron chi connectivity index (χ0n) is 10.0. The highest BCUT2D eigenvalue weighted by Gasteiger charge is 1.96. The summed E-state index contributed by atoms with van der Waals surface area (Å²) in [5.41, 5.74) is 9.43. The molecular formula is C15H17NS. The summed E-state index contributed by atoms with van der Waals surface area (Å²) in [5, 5.41) is 0. The van der Waals surface area contributed by atoms with E-state index >= 15 is 0 Å². The number of aryl methyl sites for hydroxylation is 1. The largest absolute Gasteiger partial charge is 0.326 e. The maximum Gasteiger partial charge on any atom is 0.0231 e. The van der Waals surface area contributed by atoms with E-state index in [1.54, 1.807) is 0 Å². The summed E-state index contributed by atoms with van der Waals surface area (Å²) in [6, 6.07) is 17.2. The molecular weight excluding hydrogens is 226 g/mol. The van der Waals surface area contributed by atoms with E-state index in [4.69, 9.17) is 5.73 Å². The lowest BCUT2D eigenvalue weighted by Gasteiger charge is -2.03. The molecule has 0 unspecified atom stereocenters. The number of benzene rings is 2. The molecule has 2 N–H and O–H groups in total. The molecule has 0 spiro atoms. The molecule has 0 radical (unpaired) electrons. The predicted molar refractivity (Wildman–Crippen MR) is 75.1 cm³/mol. The van der Waals surface area contributed by atoms with Gasteiger partial charge in [-0.3, -0.25) is 0 Å². The van der Waals surface area contributed by atoms with Gasteiger partial charge in [-0.15, -0.1) is 11.8 Å². The van der Waals surface area contributed by atoms with Gasteiger partial charge in [0.15, 0.2) is 0 Å². The lowest BCUT2D eigenvalue weighted by molar-refractivity contribution is 1.07. The van der Waals surface area contributed by atoms with E-state index in [0.717, 1.165) is 5.75 Å². The van der Waals surface area contributed by atoms with E-state index in [9.17, 15) is 0 Å². The molecule has 0 aliphatic carbocycles. The predicted octanol–water partition coefficient (Wildman–Crippen LogP) is 3.75. The molecule has 0 saturated heterocycles. The Morgan fingerprint density at radius 2 is 1.47 bits per heavy atom. The first-order chi connectivity index (χ1) is 8.28. The molecule has 88 valence electrons. The molecule has 0 atom stereocenters. The second-order valence-electron chi connectivity index (χ2n) is 4.12. The van der Waals surface area contributed by atoms with Crippen LogP contribution >= 0.6 is 11.8 Å². The Morgan fingerprint density at radius 1 is 0.882 bits per heavy atom. The molecule has 0 heterocycles. The molecule has 17 heavy (non-hydrogen) atoms. The summed E-state index contributed by atoms with van der Waals surface area (Å²) in [6.45, 7) is 2.73. The minimum absolute atomic E-state index is 0.614. The Kier molecular flexibility index (Phi) is 4.24. The van der Waals surface area contributed by atoms with Crippen LogP contribution in [0.3, 0.4) is 0 Å². The van der Waals surface area contributed by atoms with Gasteiger partial charge in [0.1, 0.15) is 0 Å². The van der Waals surface area contributed by atoms with Crippen LogP contribution < -0.4 is 5.73 Å². The van der Waals surface area contributed by atoms with Gasteiger partial charge >= 0.3 is 0 Å². The van der Waals surface area contributed by atoms with E-state index < -0.39 is 0 Å². The van der Waals surface area contributed by atoms with Crippen molar-refractivity contribution in [1.82, 2.24) is 0 Å². The van der Waals surface area contributed by atoms with E-state index in [1.165, 1.54) is 21.6 Å². The van der Waals surface area contributed by atoms with Crippen LogP contribution in [-0.2, 0) is 12.3 Å². The van der Waals surface area contributed by atoms with Gasteiger partial charge in [-0.2, -0.15) is 0 Å². The summed E-state index contributed by atoms with van der Waals surface area (Å²) < 4.78 is 0. The molecule has 1 nitrogen and oxygen atoms in total. The van der Waals surface area contributed by atoms with Crippen LogP contribution in [0, 0.1) is 6.92 Å². The van der Waals surface area contributed by atoms with Gasteiger partial charge < -0.3 is 5.73 Å². The highest BCUT2D eigenvalue weighted by Crippen LogP contribution is 2.23. The lowest BCUT2D eigenvalue weighted by atomic mass is 10.2. The minimum atomic E-state index is 0.614. The van der Waals surface area contributed by atoms with Gasteiger partial charge in [-0.1, -0.05) is 42.0 Å². The number of nitrogens with two attached hydrogens (primary N) is 1. The molecule has 2 aromatic rings. The van der Waals surface area contributed by atoms with Crippen molar-refractivity contribution in [3.05, 3.63) is 65.2 Å². The third kappa shape index (κ3) is 3.62. The highest BCUT2D eigenvalue weighted by molar-refractivity contribution is 7.98. The number of rotatable bonds is 4. The third-order valence-electron chi connectivity index (χ3n) is 2.69. The highest BCUT2D eigenvalue weighted by atomic mass is 32.2. The van der Waals surface area contributed by atoms with Crippen LogP contribution in [0.2, 0.25) is 0 Å². The van der Waals surface area contributed by atoms with Crippen molar-refractivity contribution in [3.63, 3.8) is 0 Å². The molecule has 0 saturated carbocycles. The van der Waals surface area contributed by atoms with Gasteiger partial charge in [0.25, 0.3) is 0 Å². The van der Waals surface area contributed by atoms with Crippen LogP contribution in [0.5, 0.6) is 0 Å². The van der Waals surface area contributed by atoms with Gasteiger partial charge in [0.05, 0.1) is 0 Å². The number of thioether (sulfide) groups is 1. The van der Waals surface area contributed by atoms with Crippen molar-refractivity contribution in [2.75, 3.05) is 0 Å². The van der Waals surface area contributed by atoms with E-state index in [0.29, 0.717) is 6.54 Å². The molecule has 0 fully saturated rings. The Bertz CT molecular complexity index is 459. The SMILES string of the molecule is Cc1ccc(CSc2ccc(CN)cc2)cc1. The summed E-state index contributed by atoms with van der Waals surface area (Å²) in [6.07, 6.45) is 0. The van der Waals surface area contributed by atoms with E-state index in [2.05, 4.69) is 55.5 Å². The molecule has 0 amide bonds. The Balaban J connectivity index is 1.95. The first kappa shape index (κ1) is 12.2. The normalized spacial score (nSPS) is 10.5. The molecule has 0 aliphatic rings. The topological polar surface area (TPSA) is 26.0 Å². The second-order valence-corrected chi connectivity index (χ2v) is 5.17. The summed E-state index contributed by atoms with van der Waals surface area (Å²) >= 11 is 1.86. The molecule has 0 aliphatic heterocycles. The maximum atomic E-state index is 5.57. The lowest BCUT2D eigenvalue weighted by Crippen LogP contribution is -1.94. The average Bonchev–Trinajstić information content (AvgIpc) is 2.39. The standard InChI is InChI=1S/C15H17NS/c1-12-2-4-14(5-3-12)11-17-15-8-6-13(10-16)7-9-15/h2-9H,10-11,16H2,1H3.